The molecule has 0 fully saturated rings. The number of aromatic nitrogens is 2. The van der Waals surface area contributed by atoms with Crippen LogP contribution in [0.25, 0.3) is 0 Å². The topological polar surface area (TPSA) is 38.0 Å². The molecule has 1 atom stereocenters. The van der Waals surface area contributed by atoms with Gasteiger partial charge in [-0.1, -0.05) is 12.1 Å². The summed E-state index contributed by atoms with van der Waals surface area (Å²) in [5.41, 5.74) is 0.878. The number of hydrogen-bond donors (Lipinski definition) is 1. The lowest BCUT2D eigenvalue weighted by Crippen LogP contribution is -2.08. The molecule has 2 rings (SSSR count). The summed E-state index contributed by atoms with van der Waals surface area (Å²) in [4.78, 5) is 5.41. The van der Waals surface area contributed by atoms with Crippen LogP contribution in [0, 0.1) is 0 Å². The van der Waals surface area contributed by atoms with Crippen LogP contribution in [0.1, 0.15) is 24.4 Å². The Balaban J connectivity index is 2.27. The Morgan fingerprint density at radius 2 is 2.06 bits per heavy atom. The van der Waals surface area contributed by atoms with Crippen LogP contribution < -0.4 is 0 Å². The normalized spacial score (nSPS) is 12.6. The van der Waals surface area contributed by atoms with E-state index in [0.29, 0.717) is 5.82 Å². The molecule has 4 heteroatoms. The van der Waals surface area contributed by atoms with Crippen molar-refractivity contribution in [2.45, 2.75) is 24.5 Å². The monoisotopic (exact) mass is 248 g/mol. The van der Waals surface area contributed by atoms with Gasteiger partial charge in [0, 0.05) is 23.8 Å². The molecule has 0 spiro atoms. The van der Waals surface area contributed by atoms with E-state index in [0.717, 1.165) is 12.1 Å². The predicted molar refractivity (Wildman–Crippen MR) is 70.2 cm³/mol. The van der Waals surface area contributed by atoms with Crippen molar-refractivity contribution in [3.05, 3.63) is 48.0 Å². The Kier molecular flexibility index (Phi) is 3.86. The van der Waals surface area contributed by atoms with Gasteiger partial charge in [0.05, 0.1) is 0 Å². The van der Waals surface area contributed by atoms with Gasteiger partial charge >= 0.3 is 0 Å². The molecule has 0 radical (unpaired) electrons. The van der Waals surface area contributed by atoms with Crippen LogP contribution in [0.5, 0.6) is 0 Å². The van der Waals surface area contributed by atoms with E-state index in [-0.39, 0.29) is 0 Å². The molecule has 0 amide bonds. The molecule has 1 heterocycles. The van der Waals surface area contributed by atoms with Crippen molar-refractivity contribution in [3.8, 4) is 0 Å². The first-order valence-electron chi connectivity index (χ1n) is 5.59. The number of rotatable bonds is 4. The average molecular weight is 248 g/mol. The van der Waals surface area contributed by atoms with Gasteiger partial charge in [0.15, 0.2) is 0 Å². The molecule has 0 saturated carbocycles. The molecule has 0 aliphatic rings. The minimum atomic E-state index is -0.652. The zero-order valence-electron chi connectivity index (χ0n) is 10.00. The van der Waals surface area contributed by atoms with Crippen LogP contribution in [0.3, 0.4) is 0 Å². The largest absolute Gasteiger partial charge is 0.380 e. The number of aliphatic hydroxyl groups excluding tert-OH is 1. The highest BCUT2D eigenvalue weighted by Crippen LogP contribution is 2.23. The number of aryl methyl sites for hydroxylation is 1. The highest BCUT2D eigenvalue weighted by molar-refractivity contribution is 7.98. The molecule has 0 aliphatic heterocycles. The van der Waals surface area contributed by atoms with Gasteiger partial charge < -0.3 is 9.67 Å². The summed E-state index contributed by atoms with van der Waals surface area (Å²) in [6.45, 7) is 2.85. The summed E-state index contributed by atoms with van der Waals surface area (Å²) in [6.07, 6.45) is 4.99. The zero-order chi connectivity index (χ0) is 12.3. The highest BCUT2D eigenvalue weighted by atomic mass is 32.2. The first-order chi connectivity index (χ1) is 8.26. The maximum absolute atomic E-state index is 10.3. The smallest absolute Gasteiger partial charge is 0.142 e. The lowest BCUT2D eigenvalue weighted by Gasteiger charge is -2.12. The van der Waals surface area contributed by atoms with Gasteiger partial charge in [-0.3, -0.25) is 0 Å². The van der Waals surface area contributed by atoms with Crippen molar-refractivity contribution in [3.63, 3.8) is 0 Å². The fraction of sp³-hybridized carbons (Fsp3) is 0.308. The summed E-state index contributed by atoms with van der Waals surface area (Å²) >= 11 is 1.69. The van der Waals surface area contributed by atoms with Gasteiger partial charge in [-0.05, 0) is 30.9 Å². The quantitative estimate of drug-likeness (QED) is 0.845. The number of nitrogens with zero attached hydrogens (tertiary/aromatic N) is 2. The number of imidazole rings is 1. The van der Waals surface area contributed by atoms with E-state index in [4.69, 9.17) is 0 Å². The highest BCUT2D eigenvalue weighted by Gasteiger charge is 2.15. The van der Waals surface area contributed by atoms with Crippen LogP contribution in [0.4, 0.5) is 0 Å². The molecular weight excluding hydrogens is 232 g/mol. The molecule has 0 saturated heterocycles. The van der Waals surface area contributed by atoms with Crippen LogP contribution in [-0.2, 0) is 6.54 Å². The third-order valence-corrected chi connectivity index (χ3v) is 3.51. The number of thioether (sulfide) groups is 1. The second kappa shape index (κ2) is 5.38. The zero-order valence-corrected chi connectivity index (χ0v) is 10.8. The summed E-state index contributed by atoms with van der Waals surface area (Å²) in [6, 6.07) is 7.93. The molecule has 1 aromatic carbocycles. The Labute approximate surface area is 106 Å². The van der Waals surface area contributed by atoms with Crippen molar-refractivity contribution in [1.29, 1.82) is 0 Å². The Morgan fingerprint density at radius 3 is 2.65 bits per heavy atom. The van der Waals surface area contributed by atoms with Crippen LogP contribution in [0.15, 0.2) is 41.6 Å². The fourth-order valence-corrected chi connectivity index (χ4v) is 2.18. The van der Waals surface area contributed by atoms with E-state index in [2.05, 4.69) is 4.98 Å². The average Bonchev–Trinajstić information content (AvgIpc) is 2.86. The van der Waals surface area contributed by atoms with Crippen molar-refractivity contribution in [1.82, 2.24) is 9.55 Å². The van der Waals surface area contributed by atoms with Crippen molar-refractivity contribution in [2.24, 2.45) is 0 Å². The molecule has 0 aliphatic carbocycles. The van der Waals surface area contributed by atoms with E-state index in [1.54, 1.807) is 18.0 Å². The molecule has 1 unspecified atom stereocenters. The van der Waals surface area contributed by atoms with Gasteiger partial charge in [-0.15, -0.1) is 11.8 Å². The van der Waals surface area contributed by atoms with Crippen LogP contribution in [-0.4, -0.2) is 20.9 Å². The SMILES string of the molecule is CCn1ccnc1C(O)c1ccc(SC)cc1. The molecule has 90 valence electrons. The van der Waals surface area contributed by atoms with E-state index in [1.807, 2.05) is 48.2 Å². The van der Waals surface area contributed by atoms with Gasteiger partial charge in [-0.25, -0.2) is 4.98 Å². The summed E-state index contributed by atoms with van der Waals surface area (Å²) in [7, 11) is 0. The van der Waals surface area contributed by atoms with Gasteiger partial charge in [0.2, 0.25) is 0 Å². The molecule has 3 nitrogen and oxygen atoms in total. The summed E-state index contributed by atoms with van der Waals surface area (Å²) in [5.74, 6) is 0.699. The van der Waals surface area contributed by atoms with E-state index >= 15 is 0 Å². The molecule has 1 N–H and O–H groups in total. The van der Waals surface area contributed by atoms with E-state index in [9.17, 15) is 5.11 Å². The molecule has 1 aromatic heterocycles. The predicted octanol–water partition coefficient (Wildman–Crippen LogP) is 2.71. The number of aliphatic hydroxyl groups is 1. The second-order valence-corrected chi connectivity index (χ2v) is 4.63. The number of hydrogen-bond acceptors (Lipinski definition) is 3. The van der Waals surface area contributed by atoms with Gasteiger partial charge in [0.25, 0.3) is 0 Å². The molecule has 2 aromatic rings. The summed E-state index contributed by atoms with van der Waals surface area (Å²) < 4.78 is 1.95. The molecule has 17 heavy (non-hydrogen) atoms. The lowest BCUT2D eigenvalue weighted by molar-refractivity contribution is 0.205. The van der Waals surface area contributed by atoms with Gasteiger partial charge in [-0.2, -0.15) is 0 Å². The Bertz CT molecular complexity index is 478. The third-order valence-electron chi connectivity index (χ3n) is 2.76. The Hall–Kier alpha value is -1.26. The van der Waals surface area contributed by atoms with Crippen molar-refractivity contribution < 1.29 is 5.11 Å². The first kappa shape index (κ1) is 12.2. The van der Waals surface area contributed by atoms with Crippen molar-refractivity contribution in [2.75, 3.05) is 6.26 Å². The second-order valence-electron chi connectivity index (χ2n) is 3.75. The standard InChI is InChI=1S/C13H16N2OS/c1-3-15-9-8-14-13(15)12(16)10-4-6-11(17-2)7-5-10/h4-9,12,16H,3H2,1-2H3. The maximum Gasteiger partial charge on any atom is 0.142 e. The van der Waals surface area contributed by atoms with Crippen molar-refractivity contribution >= 4 is 11.8 Å². The summed E-state index contributed by atoms with van der Waals surface area (Å²) in [5, 5.41) is 10.3. The minimum Gasteiger partial charge on any atom is -0.380 e. The van der Waals surface area contributed by atoms with Gasteiger partial charge in [0.1, 0.15) is 11.9 Å². The van der Waals surface area contributed by atoms with E-state index < -0.39 is 6.10 Å². The Morgan fingerprint density at radius 1 is 1.35 bits per heavy atom. The fourth-order valence-electron chi connectivity index (χ4n) is 1.77. The van der Waals surface area contributed by atoms with Crippen LogP contribution >= 0.6 is 11.8 Å². The lowest BCUT2D eigenvalue weighted by atomic mass is 10.1. The first-order valence-corrected chi connectivity index (χ1v) is 6.81. The maximum atomic E-state index is 10.3. The van der Waals surface area contributed by atoms with E-state index in [1.165, 1.54) is 4.90 Å². The number of benzene rings is 1. The molecular formula is C13H16N2OS. The third kappa shape index (κ3) is 2.53. The van der Waals surface area contributed by atoms with Crippen LogP contribution in [0.2, 0.25) is 0 Å². The minimum absolute atomic E-state index is 0.652. The molecule has 0 bridgehead atoms.